The van der Waals surface area contributed by atoms with Crippen LogP contribution in [0.15, 0.2) is 4.52 Å². The highest BCUT2D eigenvalue weighted by Gasteiger charge is 2.41. The third-order valence-corrected chi connectivity index (χ3v) is 4.06. The molecule has 2 aliphatic rings. The molecule has 0 bridgehead atoms. The normalized spacial score (nSPS) is 31.0. The molecule has 1 aromatic rings. The van der Waals surface area contributed by atoms with Crippen molar-refractivity contribution in [1.82, 2.24) is 15.5 Å². The van der Waals surface area contributed by atoms with Gasteiger partial charge in [-0.15, -0.1) is 0 Å². The molecule has 1 saturated heterocycles. The number of hydrogen-bond donors (Lipinski definition) is 2. The number of ether oxygens (including phenoxy) is 1. The van der Waals surface area contributed by atoms with Crippen LogP contribution >= 0.6 is 0 Å². The summed E-state index contributed by atoms with van der Waals surface area (Å²) in [6.07, 6.45) is 4.47. The summed E-state index contributed by atoms with van der Waals surface area (Å²) in [6.45, 7) is 0.581. The Kier molecular flexibility index (Phi) is 3.09. The monoisotopic (exact) mass is 253 g/mol. The van der Waals surface area contributed by atoms with Crippen LogP contribution in [0, 0.1) is 0 Å². The van der Waals surface area contributed by atoms with Crippen LogP contribution in [-0.2, 0) is 10.3 Å². The lowest BCUT2D eigenvalue weighted by molar-refractivity contribution is -0.0178. The Hall–Kier alpha value is -0.980. The van der Waals surface area contributed by atoms with Gasteiger partial charge in [-0.1, -0.05) is 5.16 Å². The molecule has 0 unspecified atom stereocenters. The van der Waals surface area contributed by atoms with Crippen LogP contribution < -0.4 is 5.32 Å². The highest BCUT2D eigenvalue weighted by Crippen LogP contribution is 2.40. The maximum Gasteiger partial charge on any atom is 0.243 e. The second-order valence-corrected chi connectivity index (χ2v) is 5.21. The van der Waals surface area contributed by atoms with Crippen molar-refractivity contribution in [2.45, 2.75) is 49.9 Å². The zero-order valence-corrected chi connectivity index (χ0v) is 10.6. The number of nitrogens with zero attached hydrogens (tertiary/aromatic N) is 2. The summed E-state index contributed by atoms with van der Waals surface area (Å²) < 4.78 is 10.9. The number of nitrogens with one attached hydrogen (secondary N) is 1. The van der Waals surface area contributed by atoms with E-state index < -0.39 is 0 Å². The second kappa shape index (κ2) is 4.60. The minimum atomic E-state index is -0.362. The molecule has 2 atom stereocenters. The molecule has 100 valence electrons. The Morgan fingerprint density at radius 2 is 2.22 bits per heavy atom. The van der Waals surface area contributed by atoms with E-state index in [4.69, 9.17) is 9.26 Å². The van der Waals surface area contributed by atoms with Crippen LogP contribution in [0.25, 0.3) is 0 Å². The third kappa shape index (κ3) is 1.94. The maximum absolute atomic E-state index is 9.50. The highest BCUT2D eigenvalue weighted by atomic mass is 16.5. The molecule has 2 heterocycles. The lowest BCUT2D eigenvalue weighted by Gasteiger charge is -2.22. The Morgan fingerprint density at radius 1 is 1.44 bits per heavy atom. The van der Waals surface area contributed by atoms with Crippen molar-refractivity contribution < 1.29 is 14.4 Å². The van der Waals surface area contributed by atoms with Gasteiger partial charge in [0.2, 0.25) is 11.7 Å². The van der Waals surface area contributed by atoms with Crippen molar-refractivity contribution in [3.63, 3.8) is 0 Å². The van der Waals surface area contributed by atoms with Gasteiger partial charge in [0, 0.05) is 13.7 Å². The van der Waals surface area contributed by atoms with Gasteiger partial charge in [-0.05, 0) is 32.1 Å². The van der Waals surface area contributed by atoms with E-state index in [0.717, 1.165) is 25.7 Å². The van der Waals surface area contributed by atoms with Gasteiger partial charge in [-0.25, -0.2) is 0 Å². The minimum absolute atomic E-state index is 0.0310. The first kappa shape index (κ1) is 12.1. The highest BCUT2D eigenvalue weighted by molar-refractivity contribution is 5.06. The zero-order valence-electron chi connectivity index (χ0n) is 10.6. The van der Waals surface area contributed by atoms with Crippen molar-refractivity contribution in [2.75, 3.05) is 13.7 Å². The van der Waals surface area contributed by atoms with E-state index >= 15 is 0 Å². The quantitative estimate of drug-likeness (QED) is 0.832. The molecule has 1 saturated carbocycles. The van der Waals surface area contributed by atoms with Crippen molar-refractivity contribution >= 4 is 0 Å². The Bertz CT molecular complexity index is 414. The van der Waals surface area contributed by atoms with E-state index in [1.165, 1.54) is 0 Å². The molecule has 0 amide bonds. The van der Waals surface area contributed by atoms with Crippen LogP contribution in [0.4, 0.5) is 0 Å². The third-order valence-electron chi connectivity index (χ3n) is 4.06. The Balaban J connectivity index is 1.80. The first-order chi connectivity index (χ1) is 8.73. The summed E-state index contributed by atoms with van der Waals surface area (Å²) in [4.78, 5) is 4.48. The number of β-amino-alcohol motifs (C(OH)–C–C–N with tert-alkyl or cyclic N) is 1. The lowest BCUT2D eigenvalue weighted by Crippen LogP contribution is -2.26. The van der Waals surface area contributed by atoms with Crippen molar-refractivity contribution in [3.8, 4) is 0 Å². The average Bonchev–Trinajstić information content (AvgIpc) is 3.08. The average molecular weight is 253 g/mol. The Labute approximate surface area is 106 Å². The van der Waals surface area contributed by atoms with Crippen LogP contribution in [0.3, 0.4) is 0 Å². The minimum Gasteiger partial charge on any atom is -0.392 e. The molecule has 3 rings (SSSR count). The van der Waals surface area contributed by atoms with E-state index in [9.17, 15) is 5.11 Å². The van der Waals surface area contributed by atoms with Crippen LogP contribution in [0.1, 0.15) is 49.9 Å². The smallest absolute Gasteiger partial charge is 0.243 e. The summed E-state index contributed by atoms with van der Waals surface area (Å²) in [5.74, 6) is 1.21. The predicted octanol–water partition coefficient (Wildman–Crippen LogP) is 0.881. The predicted molar refractivity (Wildman–Crippen MR) is 62.8 cm³/mol. The van der Waals surface area contributed by atoms with Crippen molar-refractivity contribution in [3.05, 3.63) is 11.7 Å². The van der Waals surface area contributed by atoms with Crippen LogP contribution in [0.2, 0.25) is 0 Å². The summed E-state index contributed by atoms with van der Waals surface area (Å²) in [5, 5.41) is 16.7. The first-order valence-electron chi connectivity index (χ1n) is 6.54. The number of aliphatic hydroxyl groups excluding tert-OH is 1. The second-order valence-electron chi connectivity index (χ2n) is 5.21. The molecule has 0 spiro atoms. The largest absolute Gasteiger partial charge is 0.392 e. The van der Waals surface area contributed by atoms with E-state index in [-0.39, 0.29) is 17.7 Å². The van der Waals surface area contributed by atoms with E-state index in [1.54, 1.807) is 7.11 Å². The number of hydrogen-bond acceptors (Lipinski definition) is 6. The lowest BCUT2D eigenvalue weighted by atomic mass is 10.0. The van der Waals surface area contributed by atoms with E-state index in [1.807, 2.05) is 0 Å². The first-order valence-corrected chi connectivity index (χ1v) is 6.54. The molecule has 6 nitrogen and oxygen atoms in total. The van der Waals surface area contributed by atoms with Crippen LogP contribution in [0.5, 0.6) is 0 Å². The van der Waals surface area contributed by atoms with Crippen molar-refractivity contribution in [2.24, 2.45) is 0 Å². The molecule has 2 fully saturated rings. The molecule has 6 heteroatoms. The fraction of sp³-hybridized carbons (Fsp3) is 0.833. The molecule has 2 N–H and O–H groups in total. The number of methoxy groups -OCH3 is 1. The Morgan fingerprint density at radius 3 is 2.83 bits per heavy atom. The fourth-order valence-electron chi connectivity index (χ4n) is 2.93. The molecule has 0 radical (unpaired) electrons. The SMILES string of the molecule is COC1(c2noc([C@@H]3C[C@H](O)CN3)n2)CCCC1. The molecule has 1 aliphatic heterocycles. The van der Waals surface area contributed by atoms with E-state index in [0.29, 0.717) is 24.7 Å². The summed E-state index contributed by atoms with van der Waals surface area (Å²) >= 11 is 0. The number of aromatic nitrogens is 2. The summed E-state index contributed by atoms with van der Waals surface area (Å²) in [7, 11) is 1.71. The van der Waals surface area contributed by atoms with Gasteiger partial charge in [0.05, 0.1) is 12.1 Å². The van der Waals surface area contributed by atoms with Crippen LogP contribution in [-0.4, -0.2) is 35.0 Å². The van der Waals surface area contributed by atoms with Gasteiger partial charge >= 0.3 is 0 Å². The molecule has 0 aromatic carbocycles. The van der Waals surface area contributed by atoms with Gasteiger partial charge in [-0.3, -0.25) is 0 Å². The number of aliphatic hydroxyl groups is 1. The van der Waals surface area contributed by atoms with Gasteiger partial charge in [0.1, 0.15) is 5.60 Å². The van der Waals surface area contributed by atoms with E-state index in [2.05, 4.69) is 15.5 Å². The van der Waals surface area contributed by atoms with Crippen molar-refractivity contribution in [1.29, 1.82) is 0 Å². The molecular weight excluding hydrogens is 234 g/mol. The molecule has 1 aromatic heterocycles. The molecular formula is C12H19N3O3. The van der Waals surface area contributed by atoms with Gasteiger partial charge in [0.25, 0.3) is 0 Å². The summed E-state index contributed by atoms with van der Waals surface area (Å²) in [5.41, 5.74) is -0.362. The molecule has 18 heavy (non-hydrogen) atoms. The summed E-state index contributed by atoms with van der Waals surface area (Å²) in [6, 6.07) is -0.0310. The number of rotatable bonds is 3. The zero-order chi connectivity index (χ0) is 12.6. The van der Waals surface area contributed by atoms with Gasteiger partial charge in [0.15, 0.2) is 0 Å². The van der Waals surface area contributed by atoms with Gasteiger partial charge < -0.3 is 19.7 Å². The topological polar surface area (TPSA) is 80.4 Å². The van der Waals surface area contributed by atoms with Gasteiger partial charge in [-0.2, -0.15) is 4.98 Å². The fourth-order valence-corrected chi connectivity index (χ4v) is 2.93. The molecule has 1 aliphatic carbocycles. The standard InChI is InChI=1S/C12H19N3O3/c1-17-12(4-2-3-5-12)11-14-10(18-15-11)9-6-8(16)7-13-9/h8-9,13,16H,2-7H2,1H3/t8-,9-/m0/s1. The maximum atomic E-state index is 9.50.